The SMILES string of the molecule is Cc1[nH]c2ccccc2c1C(=O)[C@@H](C)OC(=O)CNC(=O)c1ccc2c(c1)OCO2. The van der Waals surface area contributed by atoms with Gasteiger partial charge in [0.1, 0.15) is 6.54 Å². The quantitative estimate of drug-likeness (QED) is 0.480. The molecule has 8 heteroatoms. The van der Waals surface area contributed by atoms with Crippen LogP contribution < -0.4 is 14.8 Å². The van der Waals surface area contributed by atoms with Crippen LogP contribution in [0.1, 0.15) is 33.3 Å². The molecule has 1 atom stereocenters. The van der Waals surface area contributed by atoms with E-state index in [4.69, 9.17) is 14.2 Å². The third kappa shape index (κ3) is 3.71. The van der Waals surface area contributed by atoms with Gasteiger partial charge in [0.15, 0.2) is 17.6 Å². The Hall–Kier alpha value is -3.81. The van der Waals surface area contributed by atoms with Crippen molar-refractivity contribution < 1.29 is 28.6 Å². The van der Waals surface area contributed by atoms with Crippen molar-refractivity contribution in [1.82, 2.24) is 10.3 Å². The van der Waals surface area contributed by atoms with Crippen molar-refractivity contribution >= 4 is 28.6 Å². The number of rotatable bonds is 6. The van der Waals surface area contributed by atoms with Crippen LogP contribution in [0.5, 0.6) is 11.5 Å². The highest BCUT2D eigenvalue weighted by Crippen LogP contribution is 2.32. The van der Waals surface area contributed by atoms with Crippen LogP contribution in [0.2, 0.25) is 0 Å². The van der Waals surface area contributed by atoms with E-state index < -0.39 is 18.0 Å². The number of hydrogen-bond donors (Lipinski definition) is 2. The molecular weight excluding hydrogens is 388 g/mol. The van der Waals surface area contributed by atoms with Gasteiger partial charge in [-0.15, -0.1) is 0 Å². The van der Waals surface area contributed by atoms with Crippen molar-refractivity contribution in [3.05, 3.63) is 59.3 Å². The number of hydrogen-bond acceptors (Lipinski definition) is 6. The first-order valence-electron chi connectivity index (χ1n) is 9.43. The topological polar surface area (TPSA) is 107 Å². The largest absolute Gasteiger partial charge is 0.454 e. The van der Waals surface area contributed by atoms with Gasteiger partial charge >= 0.3 is 5.97 Å². The van der Waals surface area contributed by atoms with Gasteiger partial charge < -0.3 is 24.5 Å². The summed E-state index contributed by atoms with van der Waals surface area (Å²) in [6.45, 7) is 3.06. The standard InChI is InChI=1S/C22H20N2O6/c1-12-20(15-5-3-4-6-16(15)24-12)21(26)13(2)30-19(25)10-23-22(27)14-7-8-17-18(9-14)29-11-28-17/h3-9,13,24H,10-11H2,1-2H3,(H,23,27)/t13-/m1/s1. The number of esters is 1. The highest BCUT2D eigenvalue weighted by atomic mass is 16.7. The molecule has 0 radical (unpaired) electrons. The molecule has 2 aromatic carbocycles. The number of ether oxygens (including phenoxy) is 3. The lowest BCUT2D eigenvalue weighted by molar-refractivity contribution is -0.145. The second-order valence-electron chi connectivity index (χ2n) is 6.92. The number of aromatic amines is 1. The average molecular weight is 408 g/mol. The van der Waals surface area contributed by atoms with E-state index in [0.29, 0.717) is 28.3 Å². The summed E-state index contributed by atoms with van der Waals surface area (Å²) in [6, 6.07) is 12.2. The van der Waals surface area contributed by atoms with Crippen molar-refractivity contribution in [2.45, 2.75) is 20.0 Å². The lowest BCUT2D eigenvalue weighted by Crippen LogP contribution is -2.34. The summed E-state index contributed by atoms with van der Waals surface area (Å²) in [6.07, 6.45) is -0.988. The molecule has 0 saturated heterocycles. The lowest BCUT2D eigenvalue weighted by atomic mass is 10.0. The predicted molar refractivity (Wildman–Crippen MR) is 108 cm³/mol. The highest BCUT2D eigenvalue weighted by molar-refractivity contribution is 6.11. The third-order valence-corrected chi connectivity index (χ3v) is 4.85. The summed E-state index contributed by atoms with van der Waals surface area (Å²) in [5.74, 6) is -0.441. The number of Topliss-reactive ketones (excluding diaryl/α,β-unsaturated/α-hetero) is 1. The van der Waals surface area contributed by atoms with E-state index in [1.165, 1.54) is 13.0 Å². The molecule has 3 aromatic rings. The second kappa shape index (κ2) is 7.90. The van der Waals surface area contributed by atoms with Crippen LogP contribution in [-0.4, -0.2) is 42.1 Å². The molecule has 0 spiro atoms. The van der Waals surface area contributed by atoms with Crippen molar-refractivity contribution in [1.29, 1.82) is 0 Å². The average Bonchev–Trinajstić information content (AvgIpc) is 3.33. The summed E-state index contributed by atoms with van der Waals surface area (Å²) in [7, 11) is 0. The minimum Gasteiger partial charge on any atom is -0.454 e. The van der Waals surface area contributed by atoms with Crippen molar-refractivity contribution in [3.8, 4) is 11.5 Å². The summed E-state index contributed by atoms with van der Waals surface area (Å²) in [4.78, 5) is 40.4. The van der Waals surface area contributed by atoms with Crippen molar-refractivity contribution in [3.63, 3.8) is 0 Å². The molecule has 2 heterocycles. The zero-order chi connectivity index (χ0) is 21.3. The van der Waals surface area contributed by atoms with Crippen LogP contribution in [0.3, 0.4) is 0 Å². The Kier molecular flexibility index (Phi) is 5.14. The molecule has 2 N–H and O–H groups in total. The van der Waals surface area contributed by atoms with Gasteiger partial charge in [-0.2, -0.15) is 0 Å². The number of benzene rings is 2. The van der Waals surface area contributed by atoms with Crippen LogP contribution in [0.4, 0.5) is 0 Å². The van der Waals surface area contributed by atoms with Gasteiger partial charge in [0.25, 0.3) is 5.91 Å². The molecular formula is C22H20N2O6. The van der Waals surface area contributed by atoms with Gasteiger partial charge in [0, 0.05) is 27.7 Å². The molecule has 154 valence electrons. The predicted octanol–water partition coefficient (Wildman–Crippen LogP) is 2.75. The second-order valence-corrected chi connectivity index (χ2v) is 6.92. The van der Waals surface area contributed by atoms with Crippen LogP contribution in [-0.2, 0) is 9.53 Å². The lowest BCUT2D eigenvalue weighted by Gasteiger charge is -2.13. The van der Waals surface area contributed by atoms with E-state index in [2.05, 4.69) is 10.3 Å². The molecule has 1 aromatic heterocycles. The monoisotopic (exact) mass is 408 g/mol. The molecule has 0 fully saturated rings. The zero-order valence-corrected chi connectivity index (χ0v) is 16.5. The maximum atomic E-state index is 12.8. The van der Waals surface area contributed by atoms with Gasteiger partial charge in [0.2, 0.25) is 12.6 Å². The molecule has 0 bridgehead atoms. The number of aromatic nitrogens is 1. The van der Waals surface area contributed by atoms with E-state index >= 15 is 0 Å². The van der Waals surface area contributed by atoms with Crippen LogP contribution >= 0.6 is 0 Å². The highest BCUT2D eigenvalue weighted by Gasteiger charge is 2.24. The molecule has 0 aliphatic carbocycles. The Bertz CT molecular complexity index is 1150. The number of carbonyl (C=O) groups excluding carboxylic acids is 3. The van der Waals surface area contributed by atoms with Crippen molar-refractivity contribution in [2.24, 2.45) is 0 Å². The number of H-pyrrole nitrogens is 1. The summed E-state index contributed by atoms with van der Waals surface area (Å²) in [5.41, 5.74) is 2.37. The van der Waals surface area contributed by atoms with Crippen LogP contribution in [0.15, 0.2) is 42.5 Å². The number of nitrogens with one attached hydrogen (secondary N) is 2. The molecule has 1 aliphatic rings. The molecule has 0 saturated carbocycles. The van der Waals surface area contributed by atoms with Gasteiger partial charge in [0.05, 0.1) is 0 Å². The van der Waals surface area contributed by atoms with Crippen LogP contribution in [0.25, 0.3) is 10.9 Å². The Labute approximate surface area is 172 Å². The van der Waals surface area contributed by atoms with Crippen molar-refractivity contribution in [2.75, 3.05) is 13.3 Å². The number of amides is 1. The maximum Gasteiger partial charge on any atom is 0.326 e. The first-order chi connectivity index (χ1) is 14.4. The van der Waals surface area contributed by atoms with Crippen LogP contribution in [0, 0.1) is 6.92 Å². The Morgan fingerprint density at radius 1 is 1.13 bits per heavy atom. The smallest absolute Gasteiger partial charge is 0.326 e. The third-order valence-electron chi connectivity index (χ3n) is 4.85. The number of para-hydroxylation sites is 1. The van der Waals surface area contributed by atoms with E-state index in [0.717, 1.165) is 10.9 Å². The van der Waals surface area contributed by atoms with E-state index in [1.807, 2.05) is 24.3 Å². The van der Waals surface area contributed by atoms with Gasteiger partial charge in [-0.25, -0.2) is 0 Å². The minimum absolute atomic E-state index is 0.106. The number of ketones is 1. The van der Waals surface area contributed by atoms with E-state index in [9.17, 15) is 14.4 Å². The molecule has 1 amide bonds. The summed E-state index contributed by atoms with van der Waals surface area (Å²) < 4.78 is 15.7. The Balaban J connectivity index is 1.36. The van der Waals surface area contributed by atoms with E-state index in [-0.39, 0.29) is 19.1 Å². The zero-order valence-electron chi connectivity index (χ0n) is 16.5. The molecule has 8 nitrogen and oxygen atoms in total. The maximum absolute atomic E-state index is 12.8. The minimum atomic E-state index is -0.988. The van der Waals surface area contributed by atoms with Gasteiger partial charge in [-0.05, 0) is 38.1 Å². The Morgan fingerprint density at radius 3 is 2.73 bits per heavy atom. The fraction of sp³-hybridized carbons (Fsp3) is 0.227. The molecule has 0 unspecified atom stereocenters. The fourth-order valence-electron chi connectivity index (χ4n) is 3.38. The normalized spacial score (nSPS) is 13.1. The number of carbonyl (C=O) groups is 3. The number of aryl methyl sites for hydroxylation is 1. The molecule has 4 rings (SSSR count). The van der Waals surface area contributed by atoms with Gasteiger partial charge in [-0.3, -0.25) is 14.4 Å². The fourth-order valence-corrected chi connectivity index (χ4v) is 3.38. The number of fused-ring (bicyclic) bond motifs is 2. The molecule has 1 aliphatic heterocycles. The first kappa shape index (κ1) is 19.5. The van der Waals surface area contributed by atoms with E-state index in [1.54, 1.807) is 19.1 Å². The molecule has 30 heavy (non-hydrogen) atoms. The first-order valence-corrected chi connectivity index (χ1v) is 9.43. The summed E-state index contributed by atoms with van der Waals surface area (Å²) in [5, 5.41) is 3.26. The Morgan fingerprint density at radius 2 is 1.90 bits per heavy atom. The van der Waals surface area contributed by atoms with Gasteiger partial charge in [-0.1, -0.05) is 18.2 Å². The summed E-state index contributed by atoms with van der Waals surface area (Å²) >= 11 is 0.